The highest BCUT2D eigenvalue weighted by Crippen LogP contribution is 2.38. The first-order valence-corrected chi connectivity index (χ1v) is 15.8. The van der Waals surface area contributed by atoms with Crippen LogP contribution in [0.3, 0.4) is 0 Å². The predicted molar refractivity (Wildman–Crippen MR) is 173 cm³/mol. The maximum atomic E-state index is 13.4. The Bertz CT molecular complexity index is 1640. The smallest absolute Gasteiger partial charge is 0.123 e. The molecule has 0 bridgehead atoms. The summed E-state index contributed by atoms with van der Waals surface area (Å²) in [4.78, 5) is 2.33. The highest BCUT2D eigenvalue weighted by Gasteiger charge is 2.46. The summed E-state index contributed by atoms with van der Waals surface area (Å²) in [6.07, 6.45) is -2.09. The Hall–Kier alpha value is -3.65. The largest absolute Gasteiger partial charge is 0.388 e. The van der Waals surface area contributed by atoms with Crippen LogP contribution in [0.1, 0.15) is 45.7 Å². The van der Waals surface area contributed by atoms with Crippen molar-refractivity contribution in [3.05, 3.63) is 154 Å². The Balaban J connectivity index is 1.27. The first kappa shape index (κ1) is 30.4. The Morgan fingerprint density at radius 2 is 1.41 bits per heavy atom. The quantitative estimate of drug-likeness (QED) is 0.173. The Morgan fingerprint density at radius 3 is 2.07 bits per heavy atom. The molecule has 0 amide bonds. The number of ether oxygens (including phenoxy) is 3. The zero-order chi connectivity index (χ0) is 30.5. The van der Waals surface area contributed by atoms with Crippen LogP contribution in [0.15, 0.2) is 115 Å². The predicted octanol–water partition coefficient (Wildman–Crippen LogP) is 8.44. The highest BCUT2D eigenvalue weighted by molar-refractivity contribution is 7.15. The summed E-state index contributed by atoms with van der Waals surface area (Å²) in [5, 5.41) is 11.3. The number of aliphatic hydroxyl groups excluding tert-OH is 1. The zero-order valence-corrected chi connectivity index (χ0v) is 25.8. The van der Waals surface area contributed by atoms with Gasteiger partial charge in [0.15, 0.2) is 0 Å². The van der Waals surface area contributed by atoms with E-state index in [0.717, 1.165) is 33.6 Å². The molecule has 1 aliphatic heterocycles. The summed E-state index contributed by atoms with van der Waals surface area (Å²) in [5.74, 6) is -0.233. The molecule has 1 aliphatic rings. The minimum Gasteiger partial charge on any atom is -0.388 e. The lowest BCUT2D eigenvalue weighted by Gasteiger charge is -2.44. The summed E-state index contributed by atoms with van der Waals surface area (Å²) < 4.78 is 32.9. The molecular formula is C38H37FO4S. The minimum absolute atomic E-state index is 0.233. The average molecular weight is 609 g/mol. The lowest BCUT2D eigenvalue weighted by Crippen LogP contribution is -2.55. The third-order valence-electron chi connectivity index (χ3n) is 8.23. The normalized spacial score (nSPS) is 21.8. The molecule has 1 saturated heterocycles. The van der Waals surface area contributed by atoms with Crippen LogP contribution in [0.2, 0.25) is 0 Å². The molecule has 1 N–H and O–H groups in total. The van der Waals surface area contributed by atoms with Crippen LogP contribution in [0.5, 0.6) is 0 Å². The van der Waals surface area contributed by atoms with Gasteiger partial charge in [-0.05, 0) is 71.5 Å². The van der Waals surface area contributed by atoms with Crippen molar-refractivity contribution in [1.29, 1.82) is 0 Å². The fraction of sp³-hybridized carbons (Fsp3) is 0.263. The van der Waals surface area contributed by atoms with E-state index in [2.05, 4.69) is 37.3 Å². The number of thiophene rings is 1. The molecule has 226 valence electrons. The molecule has 0 saturated carbocycles. The van der Waals surface area contributed by atoms with Crippen LogP contribution in [0.4, 0.5) is 4.39 Å². The molecule has 0 radical (unpaired) electrons. The van der Waals surface area contributed by atoms with E-state index in [1.165, 1.54) is 28.1 Å². The van der Waals surface area contributed by atoms with E-state index in [1.807, 2.05) is 79.7 Å². The second-order valence-electron chi connectivity index (χ2n) is 11.4. The lowest BCUT2D eigenvalue weighted by molar-refractivity contribution is -0.251. The molecule has 6 heteroatoms. The van der Waals surface area contributed by atoms with Gasteiger partial charge in [-0.3, -0.25) is 0 Å². The molecule has 1 aromatic heterocycles. The van der Waals surface area contributed by atoms with Crippen LogP contribution in [-0.4, -0.2) is 29.5 Å². The van der Waals surface area contributed by atoms with E-state index in [0.29, 0.717) is 13.2 Å². The third-order valence-corrected chi connectivity index (χ3v) is 9.36. The molecule has 44 heavy (non-hydrogen) atoms. The highest BCUT2D eigenvalue weighted by atomic mass is 32.1. The molecule has 4 aromatic carbocycles. The number of hydrogen-bond donors (Lipinski definition) is 1. The van der Waals surface area contributed by atoms with Crippen molar-refractivity contribution in [1.82, 2.24) is 0 Å². The van der Waals surface area contributed by atoms with Crippen molar-refractivity contribution in [2.45, 2.75) is 64.0 Å². The number of halogens is 1. The Morgan fingerprint density at radius 1 is 0.773 bits per heavy atom. The van der Waals surface area contributed by atoms with Gasteiger partial charge < -0.3 is 19.3 Å². The van der Waals surface area contributed by atoms with Crippen LogP contribution in [-0.2, 0) is 33.8 Å². The van der Waals surface area contributed by atoms with Crippen molar-refractivity contribution in [2.75, 3.05) is 0 Å². The van der Waals surface area contributed by atoms with E-state index in [-0.39, 0.29) is 5.82 Å². The minimum atomic E-state index is -0.850. The number of aryl methyl sites for hydroxylation is 1. The van der Waals surface area contributed by atoms with Crippen molar-refractivity contribution in [2.24, 2.45) is 0 Å². The summed E-state index contributed by atoms with van der Waals surface area (Å²) >= 11 is 1.72. The van der Waals surface area contributed by atoms with E-state index in [4.69, 9.17) is 14.2 Å². The number of aliphatic hydroxyl groups is 1. The topological polar surface area (TPSA) is 47.9 Å². The van der Waals surface area contributed by atoms with Gasteiger partial charge in [-0.15, -0.1) is 11.3 Å². The fourth-order valence-electron chi connectivity index (χ4n) is 5.69. The Kier molecular flexibility index (Phi) is 9.65. The first-order chi connectivity index (χ1) is 21.4. The number of rotatable bonds is 10. The molecule has 4 nitrogen and oxygen atoms in total. The maximum absolute atomic E-state index is 13.4. The van der Waals surface area contributed by atoms with E-state index in [1.54, 1.807) is 11.3 Å². The van der Waals surface area contributed by atoms with Gasteiger partial charge in [0.1, 0.15) is 30.2 Å². The van der Waals surface area contributed by atoms with Crippen molar-refractivity contribution in [3.8, 4) is 10.4 Å². The van der Waals surface area contributed by atoms with Crippen molar-refractivity contribution in [3.63, 3.8) is 0 Å². The van der Waals surface area contributed by atoms with Gasteiger partial charge in [-0.2, -0.15) is 0 Å². The van der Waals surface area contributed by atoms with Gasteiger partial charge >= 0.3 is 0 Å². The lowest BCUT2D eigenvalue weighted by atomic mass is 9.89. The van der Waals surface area contributed by atoms with Crippen LogP contribution in [0.25, 0.3) is 10.4 Å². The molecule has 0 unspecified atom stereocenters. The van der Waals surface area contributed by atoms with Gasteiger partial charge in [0, 0.05) is 16.2 Å². The average Bonchev–Trinajstić information content (AvgIpc) is 3.52. The molecule has 2 heterocycles. The van der Waals surface area contributed by atoms with Gasteiger partial charge in [-0.25, -0.2) is 4.39 Å². The Labute approximate surface area is 262 Å². The summed E-state index contributed by atoms with van der Waals surface area (Å²) in [6.45, 7) is 4.75. The SMILES string of the molecule is Cc1ccc([C@@H]2O[C@H](C)[C@@H](O)[C@H](OCc3ccccc3)[C@H]2OCc2ccccc2)cc1Cc1ccc(-c2ccc(F)cc2)s1. The van der Waals surface area contributed by atoms with E-state index >= 15 is 0 Å². The second-order valence-corrected chi connectivity index (χ2v) is 12.6. The third kappa shape index (κ3) is 7.17. The van der Waals surface area contributed by atoms with Gasteiger partial charge in [0.25, 0.3) is 0 Å². The number of benzene rings is 4. The molecule has 5 aromatic rings. The standard InChI is InChI=1S/C38H37FO4S/c1-25-13-14-30(21-31(25)22-33-19-20-34(44-33)29-15-17-32(39)18-16-29)36-38(42-24-28-11-7-4-8-12-28)37(35(40)26(2)43-36)41-23-27-9-5-3-6-10-27/h3-21,26,35-38,40H,22-24H2,1-2H3/t26-,35-,36+,37+,38+/m1/s1. The molecule has 6 rings (SSSR count). The molecule has 5 atom stereocenters. The van der Waals surface area contributed by atoms with Crippen LogP contribution >= 0.6 is 11.3 Å². The summed E-state index contributed by atoms with van der Waals surface area (Å²) in [6, 6.07) is 37.3. The molecular weight excluding hydrogens is 571 g/mol. The second kappa shape index (κ2) is 14.0. The fourth-order valence-corrected chi connectivity index (χ4v) is 6.73. The summed E-state index contributed by atoms with van der Waals surface area (Å²) in [5.41, 5.74) is 6.46. The molecule has 1 fully saturated rings. The van der Waals surface area contributed by atoms with Crippen molar-refractivity contribution < 1.29 is 23.7 Å². The first-order valence-electron chi connectivity index (χ1n) is 15.0. The van der Waals surface area contributed by atoms with E-state index < -0.39 is 30.5 Å². The molecule has 0 spiro atoms. The van der Waals surface area contributed by atoms with Gasteiger partial charge in [0.2, 0.25) is 0 Å². The zero-order valence-electron chi connectivity index (χ0n) is 24.9. The van der Waals surface area contributed by atoms with Crippen LogP contribution in [0, 0.1) is 12.7 Å². The van der Waals surface area contributed by atoms with Crippen molar-refractivity contribution >= 4 is 11.3 Å². The van der Waals surface area contributed by atoms with Crippen LogP contribution < -0.4 is 0 Å². The summed E-state index contributed by atoms with van der Waals surface area (Å²) in [7, 11) is 0. The van der Waals surface area contributed by atoms with Gasteiger partial charge in [0.05, 0.1) is 19.3 Å². The van der Waals surface area contributed by atoms with E-state index in [9.17, 15) is 9.50 Å². The monoisotopic (exact) mass is 608 g/mol. The maximum Gasteiger partial charge on any atom is 0.123 e. The van der Waals surface area contributed by atoms with Gasteiger partial charge in [-0.1, -0.05) is 91.0 Å². The number of hydrogen-bond acceptors (Lipinski definition) is 5. The molecule has 0 aliphatic carbocycles.